The molecule has 2 aromatic carbocycles. The molecule has 7 heteroatoms. The fraction of sp³-hybridized carbons (Fsp3) is 0.111. The van der Waals surface area contributed by atoms with Crippen LogP contribution in [0.3, 0.4) is 0 Å². The average molecular weight is 467 g/mol. The number of aromatic nitrogens is 2. The predicted molar refractivity (Wildman–Crippen MR) is 110 cm³/mol. The van der Waals surface area contributed by atoms with Crippen molar-refractivity contribution in [1.82, 2.24) is 9.97 Å². The van der Waals surface area contributed by atoms with Crippen LogP contribution in [-0.2, 0) is 0 Å². The maximum Gasteiger partial charge on any atom is 0.248 e. The Bertz CT molecular complexity index is 892. The van der Waals surface area contributed by atoms with Gasteiger partial charge < -0.3 is 15.8 Å². The summed E-state index contributed by atoms with van der Waals surface area (Å²) < 4.78 is 7.00. The molecule has 1 aromatic heterocycles. The maximum atomic E-state index is 6.19. The molecule has 5 nitrogen and oxygen atoms in total. The highest BCUT2D eigenvalue weighted by Gasteiger charge is 2.12. The highest BCUT2D eigenvalue weighted by molar-refractivity contribution is 14.1. The van der Waals surface area contributed by atoms with Crippen molar-refractivity contribution >= 4 is 51.4 Å². The molecule has 0 radical (unpaired) electrons. The Labute approximate surface area is 164 Å². The predicted octanol–water partition coefficient (Wildman–Crippen LogP) is 5.47. The van der Waals surface area contributed by atoms with E-state index in [9.17, 15) is 0 Å². The Balaban J connectivity index is 1.87. The summed E-state index contributed by atoms with van der Waals surface area (Å²) in [6, 6.07) is 11.6. The molecule has 0 unspecified atom stereocenters. The summed E-state index contributed by atoms with van der Waals surface area (Å²) in [4.78, 5) is 8.34. The molecule has 1 heterocycles. The topological polar surface area (TPSA) is 73.1 Å². The largest absolute Gasteiger partial charge is 0.437 e. The molecule has 0 atom stereocenters. The van der Waals surface area contributed by atoms with E-state index in [4.69, 9.17) is 22.1 Å². The summed E-state index contributed by atoms with van der Waals surface area (Å²) in [5, 5.41) is 3.90. The number of aryl methyl sites for hydroxylation is 2. The molecular weight excluding hydrogens is 451 g/mol. The molecule has 0 bridgehead atoms. The zero-order chi connectivity index (χ0) is 18.0. The van der Waals surface area contributed by atoms with Crippen LogP contribution in [-0.4, -0.2) is 9.97 Å². The highest BCUT2D eigenvalue weighted by Crippen LogP contribution is 2.33. The number of anilines is 3. The minimum Gasteiger partial charge on any atom is -0.437 e. The van der Waals surface area contributed by atoms with Crippen LogP contribution in [0.2, 0.25) is 5.02 Å². The molecule has 0 fully saturated rings. The van der Waals surface area contributed by atoms with Gasteiger partial charge in [0.1, 0.15) is 17.8 Å². The van der Waals surface area contributed by atoms with Crippen LogP contribution in [0.5, 0.6) is 11.6 Å². The zero-order valence-electron chi connectivity index (χ0n) is 13.7. The summed E-state index contributed by atoms with van der Waals surface area (Å²) in [7, 11) is 0. The quantitative estimate of drug-likeness (QED) is 0.499. The summed E-state index contributed by atoms with van der Waals surface area (Å²) in [6.45, 7) is 3.85. The van der Waals surface area contributed by atoms with E-state index in [0.29, 0.717) is 23.1 Å². The number of halogens is 2. The number of rotatable bonds is 4. The number of hydrogen-bond acceptors (Lipinski definition) is 5. The van der Waals surface area contributed by atoms with Crippen LogP contribution in [0, 0.1) is 17.4 Å². The van der Waals surface area contributed by atoms with Crippen LogP contribution >= 0.6 is 34.2 Å². The number of ether oxygens (including phenoxy) is 1. The molecule has 0 spiro atoms. The fourth-order valence-corrected chi connectivity index (χ4v) is 2.78. The molecule has 0 aliphatic rings. The van der Waals surface area contributed by atoms with Crippen molar-refractivity contribution in [3.63, 3.8) is 0 Å². The molecule has 0 saturated heterocycles. The van der Waals surface area contributed by atoms with Gasteiger partial charge in [-0.05, 0) is 84.0 Å². The molecule has 25 heavy (non-hydrogen) atoms. The van der Waals surface area contributed by atoms with Gasteiger partial charge in [-0.15, -0.1) is 0 Å². The van der Waals surface area contributed by atoms with Gasteiger partial charge in [0.15, 0.2) is 5.82 Å². The number of nitrogen functional groups attached to an aromatic ring is 1. The number of benzene rings is 2. The number of nitrogens with one attached hydrogen (secondary N) is 1. The molecule has 0 saturated carbocycles. The molecule has 0 aliphatic heterocycles. The van der Waals surface area contributed by atoms with Crippen molar-refractivity contribution in [3.8, 4) is 11.6 Å². The molecule has 3 rings (SSSR count). The summed E-state index contributed by atoms with van der Waals surface area (Å²) in [5.74, 6) is 1.42. The number of nitrogens with zero attached hydrogens (tertiary/aromatic N) is 2. The Morgan fingerprint density at radius 1 is 1.08 bits per heavy atom. The van der Waals surface area contributed by atoms with Gasteiger partial charge in [0, 0.05) is 14.3 Å². The second kappa shape index (κ2) is 7.45. The van der Waals surface area contributed by atoms with Crippen molar-refractivity contribution in [3.05, 3.63) is 62.4 Å². The first-order chi connectivity index (χ1) is 11.9. The summed E-state index contributed by atoms with van der Waals surface area (Å²) >= 11 is 8.45. The molecular formula is C18H16ClIN4O. The molecule has 0 amide bonds. The second-order valence-electron chi connectivity index (χ2n) is 5.55. The monoisotopic (exact) mass is 466 g/mol. The Morgan fingerprint density at radius 3 is 2.36 bits per heavy atom. The van der Waals surface area contributed by atoms with Gasteiger partial charge in [0.2, 0.25) is 5.88 Å². The third kappa shape index (κ3) is 4.13. The van der Waals surface area contributed by atoms with Gasteiger partial charge in [-0.25, -0.2) is 4.98 Å². The summed E-state index contributed by atoms with van der Waals surface area (Å²) in [6.07, 6.45) is 1.41. The van der Waals surface area contributed by atoms with Gasteiger partial charge in [-0.1, -0.05) is 11.6 Å². The van der Waals surface area contributed by atoms with Crippen molar-refractivity contribution in [1.29, 1.82) is 0 Å². The van der Waals surface area contributed by atoms with Crippen molar-refractivity contribution in [2.75, 3.05) is 11.1 Å². The van der Waals surface area contributed by atoms with Crippen LogP contribution < -0.4 is 15.8 Å². The lowest BCUT2D eigenvalue weighted by molar-refractivity contribution is 0.464. The van der Waals surface area contributed by atoms with E-state index in [-0.39, 0.29) is 0 Å². The van der Waals surface area contributed by atoms with Crippen molar-refractivity contribution < 1.29 is 4.74 Å². The van der Waals surface area contributed by atoms with Gasteiger partial charge in [-0.3, -0.25) is 0 Å². The van der Waals surface area contributed by atoms with Gasteiger partial charge >= 0.3 is 0 Å². The van der Waals surface area contributed by atoms with Gasteiger partial charge in [0.05, 0.1) is 0 Å². The number of hydrogen-bond donors (Lipinski definition) is 2. The first-order valence-electron chi connectivity index (χ1n) is 7.51. The molecule has 3 N–H and O–H groups in total. The minimum atomic E-state index is 0.295. The van der Waals surface area contributed by atoms with Gasteiger partial charge in [-0.2, -0.15) is 4.98 Å². The van der Waals surface area contributed by atoms with E-state index < -0.39 is 0 Å². The number of nitrogens with two attached hydrogens (primary N) is 1. The normalized spacial score (nSPS) is 10.6. The lowest BCUT2D eigenvalue weighted by Crippen LogP contribution is -2.03. The van der Waals surface area contributed by atoms with Crippen LogP contribution in [0.15, 0.2) is 42.7 Å². The highest BCUT2D eigenvalue weighted by atomic mass is 127. The SMILES string of the molecule is Cc1cc(Oc2ncnc(Nc3ccc(I)cc3)c2N)cc(C)c1Cl. The van der Waals surface area contributed by atoms with E-state index in [1.807, 2.05) is 50.2 Å². The first kappa shape index (κ1) is 17.8. The van der Waals surface area contributed by atoms with E-state index in [2.05, 4.69) is 37.9 Å². The lowest BCUT2D eigenvalue weighted by atomic mass is 10.1. The third-order valence-corrected chi connectivity index (χ3v) is 4.89. The first-order valence-corrected chi connectivity index (χ1v) is 8.97. The van der Waals surface area contributed by atoms with Crippen LogP contribution in [0.4, 0.5) is 17.2 Å². The average Bonchev–Trinajstić information content (AvgIpc) is 2.58. The molecule has 3 aromatic rings. The lowest BCUT2D eigenvalue weighted by Gasteiger charge is -2.13. The smallest absolute Gasteiger partial charge is 0.248 e. The Kier molecular flexibility index (Phi) is 5.29. The minimum absolute atomic E-state index is 0.295. The standard InChI is InChI=1S/C18H16ClIN4O/c1-10-7-14(8-11(2)15(10)19)25-18-16(21)17(22-9-23-18)24-13-5-3-12(20)4-6-13/h3-9H,21H2,1-2H3,(H,22,23,24). The van der Waals surface area contributed by atoms with Gasteiger partial charge in [0.25, 0.3) is 0 Å². The van der Waals surface area contributed by atoms with Crippen LogP contribution in [0.1, 0.15) is 11.1 Å². The Morgan fingerprint density at radius 2 is 1.72 bits per heavy atom. The van der Waals surface area contributed by atoms with Crippen LogP contribution in [0.25, 0.3) is 0 Å². The maximum absolute atomic E-state index is 6.19. The van der Waals surface area contributed by atoms with E-state index in [1.54, 1.807) is 0 Å². The third-order valence-electron chi connectivity index (χ3n) is 3.58. The van der Waals surface area contributed by atoms with E-state index in [1.165, 1.54) is 6.33 Å². The van der Waals surface area contributed by atoms with E-state index >= 15 is 0 Å². The van der Waals surface area contributed by atoms with Crippen molar-refractivity contribution in [2.24, 2.45) is 0 Å². The Hall–Kier alpha value is -2.06. The zero-order valence-corrected chi connectivity index (χ0v) is 16.6. The molecule has 128 valence electrons. The molecule has 0 aliphatic carbocycles. The van der Waals surface area contributed by atoms with E-state index in [0.717, 1.165) is 25.4 Å². The second-order valence-corrected chi connectivity index (χ2v) is 7.17. The fourth-order valence-electron chi connectivity index (χ4n) is 2.31. The van der Waals surface area contributed by atoms with Crippen molar-refractivity contribution in [2.45, 2.75) is 13.8 Å². The summed E-state index contributed by atoms with van der Waals surface area (Å²) in [5.41, 5.74) is 9.26.